The van der Waals surface area contributed by atoms with Crippen LogP contribution in [0, 0.1) is 12.7 Å². The number of rotatable bonds is 2. The van der Waals surface area contributed by atoms with Crippen LogP contribution in [-0.2, 0) is 4.74 Å². The first-order valence-corrected chi connectivity index (χ1v) is 9.25. The van der Waals surface area contributed by atoms with Gasteiger partial charge in [0.25, 0.3) is 5.56 Å². The van der Waals surface area contributed by atoms with Gasteiger partial charge in [-0.2, -0.15) is 0 Å². The Morgan fingerprint density at radius 3 is 2.80 bits per heavy atom. The molecule has 1 aromatic carbocycles. The highest BCUT2D eigenvalue weighted by atomic mass is 32.1. The van der Waals surface area contributed by atoms with Crippen LogP contribution in [0.3, 0.4) is 0 Å². The first-order chi connectivity index (χ1) is 12.0. The molecule has 0 amide bonds. The number of aromatic nitrogens is 2. The number of aryl methyl sites for hydroxylation is 1. The molecule has 1 fully saturated rings. The summed E-state index contributed by atoms with van der Waals surface area (Å²) in [5.74, 6) is 0.681. The summed E-state index contributed by atoms with van der Waals surface area (Å²) in [7, 11) is 0. The molecule has 0 aliphatic carbocycles. The number of H-pyrrole nitrogens is 1. The second-order valence-electron chi connectivity index (χ2n) is 6.57. The Balaban J connectivity index is 1.84. The number of nitrogens with one attached hydrogen (secondary N) is 1. The van der Waals surface area contributed by atoms with Crippen LogP contribution in [0.1, 0.15) is 36.4 Å². The Hall–Kier alpha value is -2.05. The molecule has 0 unspecified atom stereocenters. The highest BCUT2D eigenvalue weighted by molar-refractivity contribution is 7.19. The van der Waals surface area contributed by atoms with Crippen molar-refractivity contribution >= 4 is 21.6 Å². The third kappa shape index (κ3) is 3.00. The summed E-state index contributed by atoms with van der Waals surface area (Å²) < 4.78 is 18.8. The van der Waals surface area contributed by atoms with Crippen LogP contribution in [0.15, 0.2) is 29.1 Å². The topological polar surface area (TPSA) is 55.0 Å². The van der Waals surface area contributed by atoms with Crippen LogP contribution in [-0.4, -0.2) is 22.7 Å². The van der Waals surface area contributed by atoms with Gasteiger partial charge in [0.15, 0.2) is 0 Å². The maximum atomic E-state index is 13.2. The lowest BCUT2D eigenvalue weighted by Crippen LogP contribution is -2.24. The molecule has 0 saturated carbocycles. The number of thiophene rings is 1. The summed E-state index contributed by atoms with van der Waals surface area (Å²) in [5.41, 5.74) is 1.56. The monoisotopic (exact) mass is 358 g/mol. The van der Waals surface area contributed by atoms with Gasteiger partial charge in [-0.15, -0.1) is 11.3 Å². The molecule has 2 aromatic heterocycles. The SMILES string of the molecule is Cc1sc2nc([C@@H]3CCO[C@@H](C)C3)[nH]c(=O)c2c1-c1ccc(F)cc1. The summed E-state index contributed by atoms with van der Waals surface area (Å²) >= 11 is 1.51. The van der Waals surface area contributed by atoms with Crippen LogP contribution in [0.25, 0.3) is 21.3 Å². The van der Waals surface area contributed by atoms with Gasteiger partial charge in [-0.05, 0) is 44.4 Å². The fraction of sp³-hybridized carbons (Fsp3) is 0.368. The Bertz CT molecular complexity index is 977. The molecule has 1 aliphatic rings. The summed E-state index contributed by atoms with van der Waals surface area (Å²) in [4.78, 5) is 22.3. The smallest absolute Gasteiger partial charge is 0.260 e. The van der Waals surface area contributed by atoms with E-state index in [2.05, 4.69) is 4.98 Å². The molecule has 3 heterocycles. The highest BCUT2D eigenvalue weighted by Gasteiger charge is 2.25. The summed E-state index contributed by atoms with van der Waals surface area (Å²) in [6.07, 6.45) is 1.91. The minimum absolute atomic E-state index is 0.122. The maximum absolute atomic E-state index is 13.2. The van der Waals surface area contributed by atoms with E-state index in [0.29, 0.717) is 12.0 Å². The Morgan fingerprint density at radius 2 is 2.08 bits per heavy atom. The van der Waals surface area contributed by atoms with Gasteiger partial charge in [0.05, 0.1) is 11.5 Å². The zero-order valence-electron chi connectivity index (χ0n) is 14.1. The molecular weight excluding hydrogens is 339 g/mol. The zero-order chi connectivity index (χ0) is 17.6. The quantitative estimate of drug-likeness (QED) is 0.739. The fourth-order valence-electron chi connectivity index (χ4n) is 3.54. The predicted octanol–water partition coefficient (Wildman–Crippen LogP) is 4.38. The molecule has 4 nitrogen and oxygen atoms in total. The summed E-state index contributed by atoms with van der Waals surface area (Å²) in [6.45, 7) is 4.71. The molecule has 1 aliphatic heterocycles. The largest absolute Gasteiger partial charge is 0.378 e. The van der Waals surface area contributed by atoms with Crippen LogP contribution in [0.4, 0.5) is 4.39 Å². The lowest BCUT2D eigenvalue weighted by molar-refractivity contribution is 0.0173. The van der Waals surface area contributed by atoms with Crippen LogP contribution in [0.2, 0.25) is 0 Å². The molecule has 0 radical (unpaired) electrons. The first kappa shape index (κ1) is 16.4. The molecular formula is C19H19FN2O2S. The van der Waals surface area contributed by atoms with Crippen molar-refractivity contribution in [2.45, 2.75) is 38.7 Å². The van der Waals surface area contributed by atoms with Gasteiger partial charge < -0.3 is 9.72 Å². The second kappa shape index (κ2) is 6.35. The Morgan fingerprint density at radius 1 is 1.32 bits per heavy atom. The van der Waals surface area contributed by atoms with Gasteiger partial charge in [0.1, 0.15) is 16.5 Å². The first-order valence-electron chi connectivity index (χ1n) is 8.44. The molecule has 0 spiro atoms. The molecule has 130 valence electrons. The third-order valence-corrected chi connectivity index (χ3v) is 5.76. The van der Waals surface area contributed by atoms with E-state index in [4.69, 9.17) is 9.72 Å². The zero-order valence-corrected chi connectivity index (χ0v) is 15.0. The van der Waals surface area contributed by atoms with Crippen molar-refractivity contribution in [1.29, 1.82) is 0 Å². The molecule has 25 heavy (non-hydrogen) atoms. The van der Waals surface area contributed by atoms with Gasteiger partial charge in [-0.3, -0.25) is 4.79 Å². The van der Waals surface area contributed by atoms with Gasteiger partial charge in [0, 0.05) is 23.0 Å². The standard InChI is InChI=1S/C19H19FN2O2S/c1-10-9-13(7-8-24-10)17-21-18(23)16-15(11(2)25-19(16)22-17)12-3-5-14(20)6-4-12/h3-6,10,13H,7-9H2,1-2H3,(H,21,22,23)/t10-,13+/m0/s1. The number of halogens is 1. The predicted molar refractivity (Wildman–Crippen MR) is 97.8 cm³/mol. The molecule has 6 heteroatoms. The normalized spacial score (nSPS) is 20.9. The summed E-state index contributed by atoms with van der Waals surface area (Å²) in [5, 5.41) is 0.595. The number of nitrogens with zero attached hydrogens (tertiary/aromatic N) is 1. The number of hydrogen-bond donors (Lipinski definition) is 1. The van der Waals surface area contributed by atoms with E-state index in [0.717, 1.165) is 39.5 Å². The average Bonchev–Trinajstić information content (AvgIpc) is 2.92. The van der Waals surface area contributed by atoms with E-state index < -0.39 is 0 Å². The van der Waals surface area contributed by atoms with E-state index in [1.165, 1.54) is 23.5 Å². The van der Waals surface area contributed by atoms with E-state index >= 15 is 0 Å². The lowest BCUT2D eigenvalue weighted by Gasteiger charge is -2.26. The minimum Gasteiger partial charge on any atom is -0.378 e. The maximum Gasteiger partial charge on any atom is 0.260 e. The molecule has 0 bridgehead atoms. The van der Waals surface area contributed by atoms with Gasteiger partial charge in [-0.1, -0.05) is 12.1 Å². The van der Waals surface area contributed by atoms with E-state index in [-0.39, 0.29) is 23.4 Å². The fourth-order valence-corrected chi connectivity index (χ4v) is 4.59. The van der Waals surface area contributed by atoms with Crippen LogP contribution in [0.5, 0.6) is 0 Å². The molecule has 2 atom stereocenters. The third-order valence-electron chi connectivity index (χ3n) is 4.76. The van der Waals surface area contributed by atoms with Crippen molar-refractivity contribution in [1.82, 2.24) is 9.97 Å². The van der Waals surface area contributed by atoms with E-state index in [1.807, 2.05) is 13.8 Å². The Kier molecular flexibility index (Phi) is 4.17. The highest BCUT2D eigenvalue weighted by Crippen LogP contribution is 2.36. The van der Waals surface area contributed by atoms with Gasteiger partial charge in [-0.25, -0.2) is 9.37 Å². The number of hydrogen-bond acceptors (Lipinski definition) is 4. The van der Waals surface area contributed by atoms with Crippen molar-refractivity contribution in [3.63, 3.8) is 0 Å². The molecule has 4 rings (SSSR count). The second-order valence-corrected chi connectivity index (χ2v) is 7.78. The number of ether oxygens (including phenoxy) is 1. The number of aromatic amines is 1. The van der Waals surface area contributed by atoms with Crippen molar-refractivity contribution in [3.05, 3.63) is 51.1 Å². The van der Waals surface area contributed by atoms with Gasteiger partial charge in [0.2, 0.25) is 0 Å². The van der Waals surface area contributed by atoms with Crippen molar-refractivity contribution in [3.8, 4) is 11.1 Å². The molecule has 1 saturated heterocycles. The van der Waals surface area contributed by atoms with Crippen molar-refractivity contribution in [2.24, 2.45) is 0 Å². The number of fused-ring (bicyclic) bond motifs is 1. The summed E-state index contributed by atoms with van der Waals surface area (Å²) in [6, 6.07) is 6.24. The van der Waals surface area contributed by atoms with Crippen LogP contribution < -0.4 is 5.56 Å². The van der Waals surface area contributed by atoms with Crippen molar-refractivity contribution in [2.75, 3.05) is 6.61 Å². The van der Waals surface area contributed by atoms with Gasteiger partial charge >= 0.3 is 0 Å². The molecule has 3 aromatic rings. The minimum atomic E-state index is -0.288. The van der Waals surface area contributed by atoms with Crippen molar-refractivity contribution < 1.29 is 9.13 Å². The average molecular weight is 358 g/mol. The Labute approximate surface area is 148 Å². The number of benzene rings is 1. The molecule has 1 N–H and O–H groups in total. The van der Waals surface area contributed by atoms with E-state index in [9.17, 15) is 9.18 Å². The van der Waals surface area contributed by atoms with E-state index in [1.54, 1.807) is 12.1 Å². The lowest BCUT2D eigenvalue weighted by atomic mass is 9.95. The van der Waals surface area contributed by atoms with Crippen LogP contribution >= 0.6 is 11.3 Å².